The van der Waals surface area contributed by atoms with Crippen LogP contribution in [0.3, 0.4) is 0 Å². The number of hydrogen-bond acceptors (Lipinski definition) is 7. The Morgan fingerprint density at radius 2 is 2.07 bits per heavy atom. The average Bonchev–Trinajstić information content (AvgIpc) is 2.14. The molecule has 0 unspecified atom stereocenters. The van der Waals surface area contributed by atoms with Crippen molar-refractivity contribution in [1.29, 1.82) is 0 Å². The van der Waals surface area contributed by atoms with Gasteiger partial charge in [-0.25, -0.2) is 8.42 Å². The molecule has 6 nitrogen and oxygen atoms in total. The van der Waals surface area contributed by atoms with Crippen molar-refractivity contribution in [2.75, 3.05) is 0 Å². The molecular formula is C6H4O6S2-2. The minimum absolute atomic E-state index is 0.276. The highest BCUT2D eigenvalue weighted by Gasteiger charge is 2.02. The Morgan fingerprint density at radius 3 is 2.64 bits per heavy atom. The summed E-state index contributed by atoms with van der Waals surface area (Å²) in [7, 11) is -4.49. The zero-order valence-corrected chi connectivity index (χ0v) is 8.21. The van der Waals surface area contributed by atoms with Crippen molar-refractivity contribution >= 4 is 22.2 Å². The molecule has 14 heavy (non-hydrogen) atoms. The molecule has 0 aliphatic rings. The van der Waals surface area contributed by atoms with Gasteiger partial charge in [0.15, 0.2) is 0 Å². The first-order chi connectivity index (χ1) is 6.54. The maximum atomic E-state index is 10.6. The Kier molecular flexibility index (Phi) is 3.86. The predicted molar refractivity (Wildman–Crippen MR) is 42.4 cm³/mol. The van der Waals surface area contributed by atoms with E-state index in [9.17, 15) is 18.2 Å². The van der Waals surface area contributed by atoms with E-state index >= 15 is 0 Å². The van der Waals surface area contributed by atoms with Crippen molar-refractivity contribution in [3.05, 3.63) is 24.3 Å². The second-order valence-electron chi connectivity index (χ2n) is 2.15. The van der Waals surface area contributed by atoms with Crippen molar-refractivity contribution in [3.63, 3.8) is 0 Å². The standard InChI is InChI=1S/C6H6O6S2/c7-11-12-13-5-2-1-3-6(4-5)14(8,9)10/h1-4,7H,(H,8,9,10)/p-2. The third-order valence-electron chi connectivity index (χ3n) is 1.25. The fourth-order valence-electron chi connectivity index (χ4n) is 0.735. The summed E-state index contributed by atoms with van der Waals surface area (Å²) in [6, 6.07) is 5.02. The van der Waals surface area contributed by atoms with Crippen LogP contribution in [0.15, 0.2) is 34.1 Å². The lowest BCUT2D eigenvalue weighted by Crippen LogP contribution is -2.01. The highest BCUT2D eigenvalue weighted by molar-refractivity contribution is 7.94. The molecule has 0 aliphatic heterocycles. The van der Waals surface area contributed by atoms with Crippen LogP contribution in [0.2, 0.25) is 0 Å². The van der Waals surface area contributed by atoms with E-state index in [1.165, 1.54) is 12.1 Å². The van der Waals surface area contributed by atoms with Gasteiger partial charge in [0, 0.05) is 4.90 Å². The topological polar surface area (TPSA) is 98.7 Å². The monoisotopic (exact) mass is 236 g/mol. The molecular weight excluding hydrogens is 232 g/mol. The molecule has 0 heterocycles. The summed E-state index contributed by atoms with van der Waals surface area (Å²) in [6.45, 7) is 0. The molecule has 1 aromatic rings. The van der Waals surface area contributed by atoms with Crippen molar-refractivity contribution in [3.8, 4) is 0 Å². The molecule has 0 N–H and O–H groups in total. The molecule has 0 radical (unpaired) electrons. The first-order valence-corrected chi connectivity index (χ1v) is 5.38. The Bertz CT molecular complexity index is 401. The molecule has 0 atom stereocenters. The van der Waals surface area contributed by atoms with Crippen LogP contribution >= 0.6 is 12.0 Å². The zero-order chi connectivity index (χ0) is 10.6. The van der Waals surface area contributed by atoms with Crippen LogP contribution < -0.4 is 5.26 Å². The van der Waals surface area contributed by atoms with Gasteiger partial charge in [0.2, 0.25) is 0 Å². The van der Waals surface area contributed by atoms with Crippen LogP contribution in [-0.2, 0) is 19.5 Å². The van der Waals surface area contributed by atoms with Gasteiger partial charge in [-0.2, -0.15) is 4.33 Å². The predicted octanol–water partition coefficient (Wildman–Crippen LogP) is -0.179. The van der Waals surface area contributed by atoms with Gasteiger partial charge in [-0.3, -0.25) is 5.04 Å². The van der Waals surface area contributed by atoms with E-state index in [4.69, 9.17) is 0 Å². The largest absolute Gasteiger partial charge is 0.744 e. The summed E-state index contributed by atoms with van der Waals surface area (Å²) in [5.41, 5.74) is 0. The van der Waals surface area contributed by atoms with Gasteiger partial charge in [0.1, 0.15) is 10.1 Å². The van der Waals surface area contributed by atoms with Crippen LogP contribution in [-0.4, -0.2) is 13.0 Å². The molecule has 0 aromatic heterocycles. The third-order valence-corrected chi connectivity index (χ3v) is 2.65. The lowest BCUT2D eigenvalue weighted by molar-refractivity contribution is -0.777. The lowest BCUT2D eigenvalue weighted by atomic mass is 10.4. The first kappa shape index (κ1) is 11.4. The van der Waals surface area contributed by atoms with Gasteiger partial charge >= 0.3 is 0 Å². The van der Waals surface area contributed by atoms with Gasteiger partial charge in [-0.05, 0) is 18.2 Å². The molecule has 0 saturated carbocycles. The highest BCUT2D eigenvalue weighted by Crippen LogP contribution is 2.21. The van der Waals surface area contributed by atoms with Gasteiger partial charge in [0.05, 0.1) is 16.9 Å². The normalized spacial score (nSPS) is 11.6. The minimum Gasteiger partial charge on any atom is -0.744 e. The average molecular weight is 236 g/mol. The molecule has 0 aliphatic carbocycles. The quantitative estimate of drug-likeness (QED) is 0.309. The van der Waals surface area contributed by atoms with Crippen molar-refractivity contribution in [2.45, 2.75) is 9.79 Å². The van der Waals surface area contributed by atoms with Gasteiger partial charge < -0.3 is 9.81 Å². The molecule has 8 heteroatoms. The SMILES string of the molecule is O=S(=O)([O-])c1cccc(SOO[O-])c1. The summed E-state index contributed by atoms with van der Waals surface area (Å²) >= 11 is 0.513. The summed E-state index contributed by atoms with van der Waals surface area (Å²) in [5.74, 6) is 0. The second-order valence-corrected chi connectivity index (χ2v) is 4.30. The van der Waals surface area contributed by atoms with Crippen molar-refractivity contribution in [2.24, 2.45) is 0 Å². The molecule has 78 valence electrons. The van der Waals surface area contributed by atoms with Crippen LogP contribution in [0.25, 0.3) is 0 Å². The zero-order valence-electron chi connectivity index (χ0n) is 6.58. The number of rotatable bonds is 4. The molecule has 0 bridgehead atoms. The van der Waals surface area contributed by atoms with Crippen molar-refractivity contribution in [1.82, 2.24) is 0 Å². The minimum atomic E-state index is -4.49. The van der Waals surface area contributed by atoms with Gasteiger partial charge in [0.25, 0.3) is 0 Å². The maximum Gasteiger partial charge on any atom is 0.124 e. The Balaban J connectivity index is 2.90. The van der Waals surface area contributed by atoms with E-state index < -0.39 is 15.0 Å². The van der Waals surface area contributed by atoms with Gasteiger partial charge in [-0.1, -0.05) is 6.07 Å². The lowest BCUT2D eigenvalue weighted by Gasteiger charge is -2.08. The number of hydrogen-bond donors (Lipinski definition) is 0. The molecule has 1 aromatic carbocycles. The summed E-state index contributed by atoms with van der Waals surface area (Å²) < 4.78 is 35.6. The van der Waals surface area contributed by atoms with Crippen LogP contribution in [0.1, 0.15) is 0 Å². The second kappa shape index (κ2) is 4.73. The Labute approximate surface area is 84.3 Å². The van der Waals surface area contributed by atoms with Crippen LogP contribution in [0.4, 0.5) is 0 Å². The van der Waals surface area contributed by atoms with Crippen molar-refractivity contribution < 1.29 is 27.6 Å². The first-order valence-electron chi connectivity index (χ1n) is 3.23. The van der Waals surface area contributed by atoms with E-state index in [-0.39, 0.29) is 4.90 Å². The molecule has 0 saturated heterocycles. The fraction of sp³-hybridized carbons (Fsp3) is 0. The summed E-state index contributed by atoms with van der Waals surface area (Å²) in [5, 5.41) is 12.5. The summed E-state index contributed by atoms with van der Waals surface area (Å²) in [4.78, 5) is -0.116. The molecule has 0 amide bonds. The Hall–Kier alpha value is -0.640. The highest BCUT2D eigenvalue weighted by atomic mass is 32.2. The maximum absolute atomic E-state index is 10.6. The van der Waals surface area contributed by atoms with Gasteiger partial charge in [-0.15, -0.1) is 0 Å². The molecule has 0 spiro atoms. The molecule has 1 rings (SSSR count). The van der Waals surface area contributed by atoms with E-state index in [1.54, 1.807) is 0 Å². The smallest absolute Gasteiger partial charge is 0.124 e. The van der Waals surface area contributed by atoms with Crippen LogP contribution in [0, 0.1) is 0 Å². The molecule has 0 fully saturated rings. The fourth-order valence-corrected chi connectivity index (χ4v) is 1.74. The van der Waals surface area contributed by atoms with E-state index in [1.807, 2.05) is 0 Å². The third kappa shape index (κ3) is 3.25. The van der Waals surface area contributed by atoms with Crippen LogP contribution in [0.5, 0.6) is 0 Å². The number of benzene rings is 1. The summed E-state index contributed by atoms with van der Waals surface area (Å²) in [6.07, 6.45) is 0. The Morgan fingerprint density at radius 1 is 1.36 bits per heavy atom. The van der Waals surface area contributed by atoms with E-state index in [2.05, 4.69) is 9.37 Å². The van der Waals surface area contributed by atoms with E-state index in [0.717, 1.165) is 12.1 Å². The van der Waals surface area contributed by atoms with E-state index in [0.29, 0.717) is 12.0 Å².